The second kappa shape index (κ2) is 22.3. The Morgan fingerprint density at radius 3 is 1.52 bits per heavy atom. The zero-order valence-electron chi connectivity index (χ0n) is 16.8. The molecule has 0 rings (SSSR count). The highest BCUT2D eigenvalue weighted by atomic mass is 32.2. The highest BCUT2D eigenvalue weighted by Gasteiger charge is 1.94. The van der Waals surface area contributed by atoms with Crippen LogP contribution in [0.4, 0.5) is 0 Å². The van der Waals surface area contributed by atoms with Gasteiger partial charge in [0.2, 0.25) is 0 Å². The van der Waals surface area contributed by atoms with Gasteiger partial charge in [0.25, 0.3) is 0 Å². The van der Waals surface area contributed by atoms with Crippen molar-refractivity contribution in [3.05, 3.63) is 72.9 Å². The van der Waals surface area contributed by atoms with Crippen molar-refractivity contribution in [2.75, 3.05) is 11.5 Å². The van der Waals surface area contributed by atoms with E-state index >= 15 is 0 Å². The van der Waals surface area contributed by atoms with E-state index in [9.17, 15) is 4.79 Å². The maximum Gasteiger partial charge on any atom is 0.313 e. The molecule has 0 atom stereocenters. The molecule has 0 aromatic heterocycles. The number of unbranched alkanes of at least 4 members (excludes halogenated alkanes) is 1. The summed E-state index contributed by atoms with van der Waals surface area (Å²) in [6.07, 6.45) is 34.6. The summed E-state index contributed by atoms with van der Waals surface area (Å²) in [6.45, 7) is 2.15. The third-order valence-electron chi connectivity index (χ3n) is 3.48. The van der Waals surface area contributed by atoms with Gasteiger partial charge < -0.3 is 5.11 Å². The van der Waals surface area contributed by atoms with Gasteiger partial charge in [0.15, 0.2) is 0 Å². The molecule has 0 aliphatic carbocycles. The predicted molar refractivity (Wildman–Crippen MR) is 122 cm³/mol. The number of carboxylic acid groups (broad SMARTS) is 1. The standard InChI is InChI=1S/C24H36O2S/c1-2-3-4-5-6-7-8-9-10-11-12-13-14-15-16-17-18-19-20-21-22-27-23-24(25)26/h3-4,6-7,9-10,12-13,15-16,18-19H,2,5,8,11,14,17,20-23H2,1H3,(H,25,26). The number of hydrogen-bond acceptors (Lipinski definition) is 2. The Labute approximate surface area is 170 Å². The molecule has 0 bridgehead atoms. The maximum absolute atomic E-state index is 10.4. The van der Waals surface area contributed by atoms with Crippen LogP contribution in [0, 0.1) is 0 Å². The van der Waals surface area contributed by atoms with Gasteiger partial charge in [0.05, 0.1) is 5.75 Å². The summed E-state index contributed by atoms with van der Waals surface area (Å²) in [5.41, 5.74) is 0. The Balaban J connectivity index is 3.47. The number of hydrogen-bond donors (Lipinski definition) is 1. The van der Waals surface area contributed by atoms with Gasteiger partial charge >= 0.3 is 5.97 Å². The van der Waals surface area contributed by atoms with Crippen LogP contribution in [0.2, 0.25) is 0 Å². The molecule has 0 unspecified atom stereocenters. The molecule has 0 heterocycles. The van der Waals surface area contributed by atoms with Crippen molar-refractivity contribution < 1.29 is 9.90 Å². The van der Waals surface area contributed by atoms with E-state index in [-0.39, 0.29) is 5.75 Å². The van der Waals surface area contributed by atoms with Gasteiger partial charge in [-0.15, -0.1) is 0 Å². The molecular weight excluding hydrogens is 352 g/mol. The monoisotopic (exact) mass is 388 g/mol. The summed E-state index contributed by atoms with van der Waals surface area (Å²) < 4.78 is 0. The molecule has 0 fully saturated rings. The van der Waals surface area contributed by atoms with Crippen LogP contribution in [-0.4, -0.2) is 22.6 Å². The van der Waals surface area contributed by atoms with E-state index in [1.807, 2.05) is 0 Å². The number of rotatable bonds is 17. The maximum atomic E-state index is 10.4. The van der Waals surface area contributed by atoms with E-state index in [0.29, 0.717) is 0 Å². The number of carboxylic acids is 1. The molecule has 3 heteroatoms. The Bertz CT molecular complexity index is 510. The minimum atomic E-state index is -0.728. The van der Waals surface area contributed by atoms with E-state index in [2.05, 4.69) is 79.8 Å². The summed E-state index contributed by atoms with van der Waals surface area (Å²) >= 11 is 1.49. The normalized spacial score (nSPS) is 12.9. The van der Waals surface area contributed by atoms with Crippen molar-refractivity contribution in [2.45, 2.75) is 58.3 Å². The SMILES string of the molecule is CCC=CCC=CCC=CCC=CCC=CCC=CCCCSCC(=O)O. The van der Waals surface area contributed by atoms with Crippen LogP contribution in [0.25, 0.3) is 0 Å². The highest BCUT2D eigenvalue weighted by Crippen LogP contribution is 2.05. The summed E-state index contributed by atoms with van der Waals surface area (Å²) in [4.78, 5) is 10.4. The van der Waals surface area contributed by atoms with E-state index in [0.717, 1.165) is 57.1 Å². The van der Waals surface area contributed by atoms with E-state index in [1.165, 1.54) is 11.8 Å². The molecule has 0 aliphatic rings. The van der Waals surface area contributed by atoms with E-state index < -0.39 is 5.97 Å². The fraction of sp³-hybridized carbons (Fsp3) is 0.458. The average molecular weight is 389 g/mol. The lowest BCUT2D eigenvalue weighted by Crippen LogP contribution is -1.98. The van der Waals surface area contributed by atoms with E-state index in [4.69, 9.17) is 5.11 Å². The first kappa shape index (κ1) is 25.3. The van der Waals surface area contributed by atoms with Gasteiger partial charge in [-0.1, -0.05) is 79.8 Å². The summed E-state index contributed by atoms with van der Waals surface area (Å²) in [7, 11) is 0. The van der Waals surface area contributed by atoms with Crippen LogP contribution in [-0.2, 0) is 4.79 Å². The second-order valence-corrected chi connectivity index (χ2v) is 7.11. The van der Waals surface area contributed by atoms with Crippen LogP contribution >= 0.6 is 11.8 Å². The molecule has 2 nitrogen and oxygen atoms in total. The summed E-state index contributed by atoms with van der Waals surface area (Å²) in [5.74, 6) is 0.399. The average Bonchev–Trinajstić information content (AvgIpc) is 2.65. The van der Waals surface area contributed by atoms with Gasteiger partial charge in [-0.05, 0) is 57.1 Å². The minimum Gasteiger partial charge on any atom is -0.481 e. The number of allylic oxidation sites excluding steroid dienone is 12. The minimum absolute atomic E-state index is 0.212. The predicted octanol–water partition coefficient (Wildman–Crippen LogP) is 7.28. The van der Waals surface area contributed by atoms with Crippen molar-refractivity contribution in [1.82, 2.24) is 0 Å². The molecular formula is C24H36O2S. The molecule has 0 aliphatic heterocycles. The Morgan fingerprint density at radius 1 is 0.704 bits per heavy atom. The summed E-state index contributed by atoms with van der Waals surface area (Å²) in [6, 6.07) is 0. The van der Waals surface area contributed by atoms with Crippen LogP contribution in [0.15, 0.2) is 72.9 Å². The van der Waals surface area contributed by atoms with Crippen molar-refractivity contribution >= 4 is 17.7 Å². The van der Waals surface area contributed by atoms with Crippen LogP contribution in [0.1, 0.15) is 58.3 Å². The van der Waals surface area contributed by atoms with Crippen molar-refractivity contribution in [2.24, 2.45) is 0 Å². The van der Waals surface area contributed by atoms with Crippen molar-refractivity contribution in [1.29, 1.82) is 0 Å². The van der Waals surface area contributed by atoms with Gasteiger partial charge in [-0.25, -0.2) is 0 Å². The van der Waals surface area contributed by atoms with Crippen LogP contribution < -0.4 is 0 Å². The molecule has 1 N–H and O–H groups in total. The molecule has 150 valence electrons. The topological polar surface area (TPSA) is 37.3 Å². The van der Waals surface area contributed by atoms with Gasteiger partial charge in [0, 0.05) is 0 Å². The molecule has 0 spiro atoms. The second-order valence-electron chi connectivity index (χ2n) is 6.00. The number of thioether (sulfide) groups is 1. The van der Waals surface area contributed by atoms with Gasteiger partial charge in [0.1, 0.15) is 0 Å². The zero-order valence-corrected chi connectivity index (χ0v) is 17.6. The molecule has 0 saturated heterocycles. The van der Waals surface area contributed by atoms with Crippen LogP contribution in [0.5, 0.6) is 0 Å². The Morgan fingerprint density at radius 2 is 1.11 bits per heavy atom. The molecule has 0 amide bonds. The third kappa shape index (κ3) is 24.3. The Kier molecular flexibility index (Phi) is 20.9. The highest BCUT2D eigenvalue weighted by molar-refractivity contribution is 7.99. The van der Waals surface area contributed by atoms with Crippen molar-refractivity contribution in [3.8, 4) is 0 Å². The smallest absolute Gasteiger partial charge is 0.313 e. The van der Waals surface area contributed by atoms with Crippen LogP contribution in [0.3, 0.4) is 0 Å². The lowest BCUT2D eigenvalue weighted by molar-refractivity contribution is -0.133. The largest absolute Gasteiger partial charge is 0.481 e. The molecule has 0 radical (unpaired) electrons. The first-order valence-corrected chi connectivity index (χ1v) is 11.1. The van der Waals surface area contributed by atoms with E-state index in [1.54, 1.807) is 0 Å². The molecule has 27 heavy (non-hydrogen) atoms. The van der Waals surface area contributed by atoms with Crippen molar-refractivity contribution in [3.63, 3.8) is 0 Å². The number of carbonyl (C=O) groups is 1. The lowest BCUT2D eigenvalue weighted by Gasteiger charge is -1.95. The quantitative estimate of drug-likeness (QED) is 0.210. The molecule has 0 aromatic rings. The first-order chi connectivity index (χ1) is 13.3. The number of aliphatic carboxylic acids is 1. The van der Waals surface area contributed by atoms with Gasteiger partial charge in [-0.3, -0.25) is 4.79 Å². The lowest BCUT2D eigenvalue weighted by atomic mass is 10.2. The Hall–Kier alpha value is -1.74. The van der Waals surface area contributed by atoms with Gasteiger partial charge in [-0.2, -0.15) is 11.8 Å². The third-order valence-corrected chi connectivity index (χ3v) is 4.51. The molecule has 0 saturated carbocycles. The fourth-order valence-corrected chi connectivity index (χ4v) is 2.79. The molecule has 0 aromatic carbocycles. The fourth-order valence-electron chi connectivity index (χ4n) is 2.10. The zero-order chi connectivity index (χ0) is 19.8. The first-order valence-electron chi connectivity index (χ1n) is 9.96. The summed E-state index contributed by atoms with van der Waals surface area (Å²) in [5, 5.41) is 8.52.